The summed E-state index contributed by atoms with van der Waals surface area (Å²) in [6.45, 7) is -0.485. The summed E-state index contributed by atoms with van der Waals surface area (Å²) in [4.78, 5) is 35.0. The number of hydrogen-bond donors (Lipinski definition) is 2. The van der Waals surface area contributed by atoms with Gasteiger partial charge in [-0.05, 0) is 30.5 Å². The first-order valence-electron chi connectivity index (χ1n) is 7.95. The average molecular weight is 334 g/mol. The summed E-state index contributed by atoms with van der Waals surface area (Å²) in [6.07, 6.45) is 4.05. The molecule has 0 aromatic heterocycles. The van der Waals surface area contributed by atoms with Crippen LogP contribution in [0.5, 0.6) is 5.75 Å². The van der Waals surface area contributed by atoms with E-state index in [4.69, 9.17) is 9.47 Å². The molecule has 0 spiro atoms. The number of ether oxygens (including phenoxy) is 2. The largest absolute Gasteiger partial charge is 0.497 e. The molecule has 7 nitrogen and oxygen atoms in total. The Morgan fingerprint density at radius 1 is 1.21 bits per heavy atom. The number of carbonyl (C=O) groups is 3. The maximum Gasteiger partial charge on any atom is 0.321 e. The lowest BCUT2D eigenvalue weighted by Gasteiger charge is -2.12. The van der Waals surface area contributed by atoms with Crippen molar-refractivity contribution in [3.05, 3.63) is 29.8 Å². The molecule has 24 heavy (non-hydrogen) atoms. The van der Waals surface area contributed by atoms with E-state index in [1.165, 1.54) is 0 Å². The smallest absolute Gasteiger partial charge is 0.321 e. The molecule has 1 aliphatic rings. The summed E-state index contributed by atoms with van der Waals surface area (Å²) in [6, 6.07) is 6.59. The van der Waals surface area contributed by atoms with Crippen LogP contribution >= 0.6 is 0 Å². The number of urea groups is 1. The number of esters is 1. The van der Waals surface area contributed by atoms with Gasteiger partial charge in [-0.15, -0.1) is 0 Å². The van der Waals surface area contributed by atoms with Gasteiger partial charge < -0.3 is 14.8 Å². The molecule has 0 atom stereocenters. The van der Waals surface area contributed by atoms with Gasteiger partial charge in [0.25, 0.3) is 5.91 Å². The predicted octanol–water partition coefficient (Wildman–Crippen LogP) is 1.55. The van der Waals surface area contributed by atoms with E-state index in [0.29, 0.717) is 5.75 Å². The van der Waals surface area contributed by atoms with Crippen LogP contribution in [0.4, 0.5) is 4.79 Å². The topological polar surface area (TPSA) is 93.7 Å². The minimum Gasteiger partial charge on any atom is -0.497 e. The van der Waals surface area contributed by atoms with Crippen LogP contribution in [0, 0.1) is 0 Å². The van der Waals surface area contributed by atoms with Crippen LogP contribution in [0.15, 0.2) is 24.3 Å². The van der Waals surface area contributed by atoms with Crippen molar-refractivity contribution in [2.24, 2.45) is 0 Å². The fourth-order valence-corrected chi connectivity index (χ4v) is 2.60. The van der Waals surface area contributed by atoms with E-state index >= 15 is 0 Å². The van der Waals surface area contributed by atoms with Crippen LogP contribution in [0.2, 0.25) is 0 Å². The maximum absolute atomic E-state index is 11.7. The van der Waals surface area contributed by atoms with Crippen molar-refractivity contribution in [2.45, 2.75) is 38.1 Å². The fourth-order valence-electron chi connectivity index (χ4n) is 2.60. The van der Waals surface area contributed by atoms with Crippen molar-refractivity contribution in [3.63, 3.8) is 0 Å². The number of methoxy groups -OCH3 is 1. The first-order chi connectivity index (χ1) is 11.6. The Morgan fingerprint density at radius 3 is 2.67 bits per heavy atom. The molecule has 0 heterocycles. The number of hydrogen-bond acceptors (Lipinski definition) is 5. The molecule has 1 aromatic carbocycles. The second-order valence-corrected chi connectivity index (χ2v) is 5.69. The SMILES string of the molecule is COc1cccc(CC(=O)OCC(=O)NC(=O)NC2CCCC2)c1. The molecular weight excluding hydrogens is 312 g/mol. The Morgan fingerprint density at radius 2 is 1.96 bits per heavy atom. The van der Waals surface area contributed by atoms with Gasteiger partial charge in [0.15, 0.2) is 6.61 Å². The summed E-state index contributed by atoms with van der Waals surface area (Å²) in [7, 11) is 1.54. The van der Waals surface area contributed by atoms with Crippen molar-refractivity contribution < 1.29 is 23.9 Å². The van der Waals surface area contributed by atoms with Crippen molar-refractivity contribution in [1.82, 2.24) is 10.6 Å². The summed E-state index contributed by atoms with van der Waals surface area (Å²) in [5.41, 5.74) is 0.721. The Kier molecular flexibility index (Phi) is 6.60. The van der Waals surface area contributed by atoms with E-state index in [1.807, 2.05) is 0 Å². The monoisotopic (exact) mass is 334 g/mol. The third-order valence-corrected chi connectivity index (χ3v) is 3.79. The van der Waals surface area contributed by atoms with E-state index < -0.39 is 24.5 Å². The fraction of sp³-hybridized carbons (Fsp3) is 0.471. The van der Waals surface area contributed by atoms with E-state index in [0.717, 1.165) is 31.2 Å². The molecular formula is C17H22N2O5. The molecule has 0 unspecified atom stereocenters. The average Bonchev–Trinajstić information content (AvgIpc) is 3.06. The quantitative estimate of drug-likeness (QED) is 0.770. The number of imide groups is 1. The lowest BCUT2D eigenvalue weighted by molar-refractivity contribution is -0.147. The zero-order valence-corrected chi connectivity index (χ0v) is 13.7. The van der Waals surface area contributed by atoms with Crippen molar-refractivity contribution in [2.75, 3.05) is 13.7 Å². The van der Waals surface area contributed by atoms with Crippen LogP contribution in [-0.2, 0) is 20.7 Å². The molecule has 2 rings (SSSR count). The molecule has 0 aliphatic heterocycles. The molecule has 1 aliphatic carbocycles. The highest BCUT2D eigenvalue weighted by atomic mass is 16.5. The minimum absolute atomic E-state index is 0.0265. The molecule has 7 heteroatoms. The van der Waals surface area contributed by atoms with Crippen LogP contribution in [-0.4, -0.2) is 37.7 Å². The Balaban J connectivity index is 1.68. The molecule has 0 radical (unpaired) electrons. The van der Waals surface area contributed by atoms with Gasteiger partial charge in [-0.3, -0.25) is 14.9 Å². The second kappa shape index (κ2) is 8.90. The highest BCUT2D eigenvalue weighted by molar-refractivity contribution is 5.95. The standard InChI is InChI=1S/C17H22N2O5/c1-23-14-8-4-5-12(9-14)10-16(21)24-11-15(20)19-17(22)18-13-6-2-3-7-13/h4-5,8-9,13H,2-3,6-7,10-11H2,1H3,(H2,18,19,20,22). The number of nitrogens with one attached hydrogen (secondary N) is 2. The molecule has 0 saturated heterocycles. The van der Waals surface area contributed by atoms with Gasteiger partial charge in [0.2, 0.25) is 0 Å². The third-order valence-electron chi connectivity index (χ3n) is 3.79. The highest BCUT2D eigenvalue weighted by Gasteiger charge is 2.18. The maximum atomic E-state index is 11.7. The molecule has 0 bridgehead atoms. The van der Waals surface area contributed by atoms with Crippen molar-refractivity contribution in [3.8, 4) is 5.75 Å². The molecule has 3 amide bonds. The van der Waals surface area contributed by atoms with Crippen molar-refractivity contribution >= 4 is 17.9 Å². The van der Waals surface area contributed by atoms with Crippen molar-refractivity contribution in [1.29, 1.82) is 0 Å². The molecule has 1 saturated carbocycles. The van der Waals surface area contributed by atoms with Crippen LogP contribution < -0.4 is 15.4 Å². The Hall–Kier alpha value is -2.57. The number of carbonyl (C=O) groups excluding carboxylic acids is 3. The van der Waals surface area contributed by atoms with E-state index in [1.54, 1.807) is 31.4 Å². The van der Waals surface area contributed by atoms with Gasteiger partial charge in [-0.25, -0.2) is 4.79 Å². The van der Waals surface area contributed by atoms with E-state index in [9.17, 15) is 14.4 Å². The third kappa shape index (κ3) is 5.91. The molecule has 2 N–H and O–H groups in total. The van der Waals surface area contributed by atoms with Gasteiger partial charge in [0, 0.05) is 6.04 Å². The van der Waals surface area contributed by atoms with Crippen LogP contribution in [0.1, 0.15) is 31.2 Å². The normalized spacial score (nSPS) is 14.0. The van der Waals surface area contributed by atoms with Gasteiger partial charge in [-0.1, -0.05) is 25.0 Å². The molecule has 130 valence electrons. The van der Waals surface area contributed by atoms with E-state index in [2.05, 4.69) is 10.6 Å². The number of rotatable bonds is 6. The Bertz CT molecular complexity index is 596. The zero-order chi connectivity index (χ0) is 17.4. The van der Waals surface area contributed by atoms with Gasteiger partial charge in [0.05, 0.1) is 13.5 Å². The summed E-state index contributed by atoms with van der Waals surface area (Å²) in [5, 5.41) is 4.88. The first-order valence-corrected chi connectivity index (χ1v) is 7.95. The van der Waals surface area contributed by atoms with Crippen LogP contribution in [0.3, 0.4) is 0 Å². The number of benzene rings is 1. The predicted molar refractivity (Wildman–Crippen MR) is 86.6 cm³/mol. The summed E-state index contributed by atoms with van der Waals surface area (Å²) < 4.78 is 9.95. The van der Waals surface area contributed by atoms with Crippen LogP contribution in [0.25, 0.3) is 0 Å². The summed E-state index contributed by atoms with van der Waals surface area (Å²) in [5.74, 6) is -0.555. The first kappa shape index (κ1) is 17.8. The van der Waals surface area contributed by atoms with Gasteiger partial charge in [-0.2, -0.15) is 0 Å². The highest BCUT2D eigenvalue weighted by Crippen LogP contribution is 2.17. The molecule has 1 fully saturated rings. The van der Waals surface area contributed by atoms with Gasteiger partial charge >= 0.3 is 12.0 Å². The lowest BCUT2D eigenvalue weighted by atomic mass is 10.1. The zero-order valence-electron chi connectivity index (χ0n) is 13.7. The summed E-state index contributed by atoms with van der Waals surface area (Å²) >= 11 is 0. The van der Waals surface area contributed by atoms with Gasteiger partial charge in [0.1, 0.15) is 5.75 Å². The number of amides is 3. The Labute approximate surface area is 140 Å². The van der Waals surface area contributed by atoms with E-state index in [-0.39, 0.29) is 12.5 Å². The lowest BCUT2D eigenvalue weighted by Crippen LogP contribution is -2.45. The minimum atomic E-state index is -0.649. The second-order valence-electron chi connectivity index (χ2n) is 5.69. The molecule has 1 aromatic rings.